The molecule has 0 aliphatic rings. The van der Waals surface area contributed by atoms with Gasteiger partial charge < -0.3 is 15.4 Å². The number of ether oxygens (including phenoxy) is 1. The van der Waals surface area contributed by atoms with Crippen LogP contribution in [0.1, 0.15) is 21.6 Å². The fraction of sp³-hybridized carbons (Fsp3) is 0.150. The van der Waals surface area contributed by atoms with E-state index >= 15 is 0 Å². The first-order chi connectivity index (χ1) is 13.1. The van der Waals surface area contributed by atoms with Gasteiger partial charge in [-0.2, -0.15) is 0 Å². The number of aromatic nitrogens is 2. The highest BCUT2D eigenvalue weighted by atomic mass is 35.5. The molecule has 0 aliphatic heterocycles. The highest BCUT2D eigenvalue weighted by molar-refractivity contribution is 6.31. The molecule has 0 bridgehead atoms. The third kappa shape index (κ3) is 4.54. The molecule has 1 amide bonds. The third-order valence-corrected chi connectivity index (χ3v) is 4.31. The number of hydrogen-bond donors (Lipinski definition) is 2. The van der Waals surface area contributed by atoms with Gasteiger partial charge in [0.15, 0.2) is 0 Å². The predicted octanol–water partition coefficient (Wildman–Crippen LogP) is 3.83. The van der Waals surface area contributed by atoms with Crippen LogP contribution in [-0.2, 0) is 6.42 Å². The zero-order chi connectivity index (χ0) is 19.2. The van der Waals surface area contributed by atoms with E-state index in [-0.39, 0.29) is 5.91 Å². The zero-order valence-corrected chi connectivity index (χ0v) is 15.7. The van der Waals surface area contributed by atoms with Gasteiger partial charge in [0.2, 0.25) is 5.95 Å². The Morgan fingerprint density at radius 3 is 2.78 bits per heavy atom. The second kappa shape index (κ2) is 8.51. The molecular weight excluding hydrogens is 364 g/mol. The molecule has 27 heavy (non-hydrogen) atoms. The maximum absolute atomic E-state index is 12.1. The maximum atomic E-state index is 12.1. The molecule has 6 nitrogen and oxygen atoms in total. The van der Waals surface area contributed by atoms with Gasteiger partial charge in [-0.1, -0.05) is 35.9 Å². The lowest BCUT2D eigenvalue weighted by atomic mass is 10.0. The first-order valence-electron chi connectivity index (χ1n) is 8.33. The van der Waals surface area contributed by atoms with Crippen LogP contribution in [0.4, 0.5) is 11.6 Å². The van der Waals surface area contributed by atoms with Crippen LogP contribution in [-0.4, -0.2) is 30.0 Å². The van der Waals surface area contributed by atoms with Crippen molar-refractivity contribution in [3.8, 4) is 5.75 Å². The molecule has 0 atom stereocenters. The molecule has 0 fully saturated rings. The molecule has 3 rings (SSSR count). The van der Waals surface area contributed by atoms with Crippen LogP contribution < -0.4 is 15.4 Å². The van der Waals surface area contributed by atoms with Gasteiger partial charge >= 0.3 is 0 Å². The maximum Gasteiger partial charge on any atom is 0.251 e. The van der Waals surface area contributed by atoms with E-state index in [1.165, 1.54) is 0 Å². The van der Waals surface area contributed by atoms with Crippen molar-refractivity contribution >= 4 is 29.1 Å². The van der Waals surface area contributed by atoms with Crippen molar-refractivity contribution in [3.63, 3.8) is 0 Å². The summed E-state index contributed by atoms with van der Waals surface area (Å²) in [5.41, 5.74) is 2.86. The number of nitrogens with zero attached hydrogens (tertiary/aromatic N) is 2. The Labute approximate surface area is 162 Å². The van der Waals surface area contributed by atoms with Crippen LogP contribution >= 0.6 is 11.6 Å². The van der Waals surface area contributed by atoms with Crippen molar-refractivity contribution in [2.24, 2.45) is 0 Å². The summed E-state index contributed by atoms with van der Waals surface area (Å²) in [5, 5.41) is 6.23. The second-order valence-corrected chi connectivity index (χ2v) is 6.17. The molecule has 0 spiro atoms. The molecule has 0 radical (unpaired) electrons. The van der Waals surface area contributed by atoms with Crippen molar-refractivity contribution in [1.29, 1.82) is 0 Å². The highest BCUT2D eigenvalue weighted by Gasteiger charge is 2.13. The molecule has 0 unspecified atom stereocenters. The second-order valence-electron chi connectivity index (χ2n) is 5.76. The smallest absolute Gasteiger partial charge is 0.251 e. The van der Waals surface area contributed by atoms with E-state index in [4.69, 9.17) is 16.3 Å². The SMILES string of the molecule is CNC(=O)c1ccccc1Cc1nc(Nc2cccc(OC)c2)ncc1Cl. The standard InChI is InChI=1S/C20H19ClN4O2/c1-22-19(26)16-9-4-3-6-13(16)10-18-17(21)12-23-20(25-18)24-14-7-5-8-15(11-14)27-2/h3-9,11-12H,10H2,1-2H3,(H,22,26)(H,23,24,25). The van der Waals surface area contributed by atoms with Crippen molar-refractivity contribution in [2.45, 2.75) is 6.42 Å². The van der Waals surface area contributed by atoms with E-state index in [0.29, 0.717) is 28.6 Å². The van der Waals surface area contributed by atoms with Crippen LogP contribution in [0.5, 0.6) is 5.75 Å². The summed E-state index contributed by atoms with van der Waals surface area (Å²) in [6.07, 6.45) is 1.96. The number of carbonyl (C=O) groups is 1. The van der Waals surface area contributed by atoms with Crippen LogP contribution in [0.15, 0.2) is 54.7 Å². The molecule has 7 heteroatoms. The van der Waals surface area contributed by atoms with Gasteiger partial charge in [-0.15, -0.1) is 0 Å². The number of benzene rings is 2. The minimum absolute atomic E-state index is 0.148. The lowest BCUT2D eigenvalue weighted by molar-refractivity contribution is 0.0962. The summed E-state index contributed by atoms with van der Waals surface area (Å²) in [6, 6.07) is 14.8. The van der Waals surface area contributed by atoms with Gasteiger partial charge in [-0.05, 0) is 23.8 Å². The van der Waals surface area contributed by atoms with Crippen LogP contribution in [0.3, 0.4) is 0 Å². The lowest BCUT2D eigenvalue weighted by Gasteiger charge is -2.11. The zero-order valence-electron chi connectivity index (χ0n) is 15.0. The fourth-order valence-corrected chi connectivity index (χ4v) is 2.79. The van der Waals surface area contributed by atoms with Crippen LogP contribution in [0.25, 0.3) is 0 Å². The number of amides is 1. The van der Waals surface area contributed by atoms with Gasteiger partial charge in [-0.25, -0.2) is 9.97 Å². The Balaban J connectivity index is 1.87. The van der Waals surface area contributed by atoms with Gasteiger partial charge in [0, 0.05) is 30.8 Å². The van der Waals surface area contributed by atoms with Gasteiger partial charge in [0.1, 0.15) is 5.75 Å². The summed E-state index contributed by atoms with van der Waals surface area (Å²) >= 11 is 6.29. The normalized spacial score (nSPS) is 10.3. The first kappa shape index (κ1) is 18.7. The minimum Gasteiger partial charge on any atom is -0.497 e. The topological polar surface area (TPSA) is 76.1 Å². The van der Waals surface area contributed by atoms with Gasteiger partial charge in [-0.3, -0.25) is 4.79 Å². The minimum atomic E-state index is -0.148. The van der Waals surface area contributed by atoms with Crippen molar-refractivity contribution in [2.75, 3.05) is 19.5 Å². The lowest BCUT2D eigenvalue weighted by Crippen LogP contribution is -2.19. The molecule has 3 aromatic rings. The molecule has 138 valence electrons. The van der Waals surface area contributed by atoms with E-state index in [2.05, 4.69) is 20.6 Å². The number of halogens is 1. The number of nitrogens with one attached hydrogen (secondary N) is 2. The quantitative estimate of drug-likeness (QED) is 0.677. The summed E-state index contributed by atoms with van der Waals surface area (Å²) in [7, 11) is 3.22. The summed E-state index contributed by atoms with van der Waals surface area (Å²) in [6.45, 7) is 0. The predicted molar refractivity (Wildman–Crippen MR) is 106 cm³/mol. The van der Waals surface area contributed by atoms with Gasteiger partial charge in [0.25, 0.3) is 5.91 Å². The van der Waals surface area contributed by atoms with Crippen molar-refractivity contribution < 1.29 is 9.53 Å². The molecule has 2 aromatic carbocycles. The highest BCUT2D eigenvalue weighted by Crippen LogP contribution is 2.23. The number of hydrogen-bond acceptors (Lipinski definition) is 5. The molecule has 0 saturated heterocycles. The van der Waals surface area contributed by atoms with Gasteiger partial charge in [0.05, 0.1) is 24.0 Å². The van der Waals surface area contributed by atoms with E-state index in [0.717, 1.165) is 17.0 Å². The molecule has 0 saturated carbocycles. The van der Waals surface area contributed by atoms with Crippen LogP contribution in [0, 0.1) is 0 Å². The number of rotatable bonds is 6. The molecule has 0 aliphatic carbocycles. The molecule has 1 aromatic heterocycles. The van der Waals surface area contributed by atoms with Crippen molar-refractivity contribution in [3.05, 3.63) is 76.6 Å². The molecular formula is C20H19ClN4O2. The third-order valence-electron chi connectivity index (χ3n) is 3.99. The summed E-state index contributed by atoms with van der Waals surface area (Å²) in [5.74, 6) is 0.999. The average Bonchev–Trinajstić information content (AvgIpc) is 2.70. The number of anilines is 2. The van der Waals surface area contributed by atoms with Crippen LogP contribution in [0.2, 0.25) is 5.02 Å². The average molecular weight is 383 g/mol. The Bertz CT molecular complexity index is 962. The monoisotopic (exact) mass is 382 g/mol. The Hall–Kier alpha value is -3.12. The van der Waals surface area contributed by atoms with E-state index in [9.17, 15) is 4.79 Å². The summed E-state index contributed by atoms with van der Waals surface area (Å²) < 4.78 is 5.22. The Kier molecular flexibility index (Phi) is 5.88. The Morgan fingerprint density at radius 2 is 2.00 bits per heavy atom. The Morgan fingerprint density at radius 1 is 1.19 bits per heavy atom. The number of carbonyl (C=O) groups excluding carboxylic acids is 1. The fourth-order valence-electron chi connectivity index (χ4n) is 2.63. The number of methoxy groups -OCH3 is 1. The van der Waals surface area contributed by atoms with E-state index < -0.39 is 0 Å². The van der Waals surface area contributed by atoms with E-state index in [1.807, 2.05) is 42.5 Å². The van der Waals surface area contributed by atoms with E-state index in [1.54, 1.807) is 26.4 Å². The largest absolute Gasteiger partial charge is 0.497 e. The van der Waals surface area contributed by atoms with Crippen molar-refractivity contribution in [1.82, 2.24) is 15.3 Å². The molecule has 2 N–H and O–H groups in total. The molecule has 1 heterocycles. The first-order valence-corrected chi connectivity index (χ1v) is 8.71. The summed E-state index contributed by atoms with van der Waals surface area (Å²) in [4.78, 5) is 20.8.